The lowest BCUT2D eigenvalue weighted by molar-refractivity contribution is -0.113. The van der Waals surface area contributed by atoms with E-state index in [4.69, 9.17) is 9.47 Å². The molecule has 1 aromatic carbocycles. The number of esters is 1. The van der Waals surface area contributed by atoms with Gasteiger partial charge in [-0.2, -0.15) is 0 Å². The van der Waals surface area contributed by atoms with E-state index >= 15 is 0 Å². The number of benzene rings is 1. The summed E-state index contributed by atoms with van der Waals surface area (Å²) in [5.41, 5.74) is 1.65. The number of anilines is 1. The number of hydrogen-bond donors (Lipinski definition) is 1. The van der Waals surface area contributed by atoms with E-state index in [1.54, 1.807) is 11.4 Å². The van der Waals surface area contributed by atoms with Crippen LogP contribution in [0.25, 0.3) is 0 Å². The van der Waals surface area contributed by atoms with E-state index < -0.39 is 5.97 Å². The van der Waals surface area contributed by atoms with Crippen LogP contribution in [0.15, 0.2) is 40.9 Å². The van der Waals surface area contributed by atoms with E-state index in [0.717, 1.165) is 5.75 Å². The molecular weight excluding hydrogens is 460 g/mol. The maximum absolute atomic E-state index is 12.4. The summed E-state index contributed by atoms with van der Waals surface area (Å²) in [6, 6.07) is 9.67. The number of rotatable bonds is 8. The normalized spacial score (nSPS) is 12.3. The van der Waals surface area contributed by atoms with E-state index in [1.807, 2.05) is 30.7 Å². The van der Waals surface area contributed by atoms with Crippen LogP contribution in [0, 0.1) is 0 Å². The maximum atomic E-state index is 12.4. The molecule has 0 radical (unpaired) electrons. The minimum Gasteiger partial charge on any atom is -0.483 e. The summed E-state index contributed by atoms with van der Waals surface area (Å²) < 4.78 is 12.6. The third kappa shape index (κ3) is 6.14. The fraction of sp³-hybridized carbons (Fsp3) is 0.391. The molecule has 1 atom stereocenters. The Morgan fingerprint density at radius 1 is 1.18 bits per heavy atom. The third-order valence-electron chi connectivity index (χ3n) is 4.92. The summed E-state index contributed by atoms with van der Waals surface area (Å²) in [6.07, 6.45) is -0.320. The van der Waals surface area contributed by atoms with Crippen molar-refractivity contribution in [3.63, 3.8) is 0 Å². The SMILES string of the molecule is COC(=O)c1ccsc1NC(=O)CSc1nnc(C(C)Oc2ccc(C(C)(C)C)cc2)n1C. The molecule has 2 aromatic heterocycles. The van der Waals surface area contributed by atoms with E-state index in [1.165, 1.54) is 35.8 Å². The van der Waals surface area contributed by atoms with E-state index in [9.17, 15) is 9.59 Å². The lowest BCUT2D eigenvalue weighted by atomic mass is 9.87. The Hall–Kier alpha value is -2.85. The summed E-state index contributed by atoms with van der Waals surface area (Å²) in [6.45, 7) is 8.42. The standard InChI is InChI=1S/C23H28N4O4S2/c1-14(31-16-9-7-15(8-10-16)23(2,3)4)19-25-26-22(27(19)5)33-13-18(28)24-20-17(11-12-32-20)21(29)30-6/h7-12,14H,13H2,1-6H3,(H,24,28). The first-order chi connectivity index (χ1) is 15.6. The Bertz CT molecular complexity index is 1120. The van der Waals surface area contributed by atoms with Crippen molar-refractivity contribution in [2.24, 2.45) is 7.05 Å². The number of carbonyl (C=O) groups is 2. The number of nitrogens with zero attached hydrogens (tertiary/aromatic N) is 3. The average molecular weight is 489 g/mol. The zero-order valence-electron chi connectivity index (χ0n) is 19.5. The Balaban J connectivity index is 1.58. The van der Waals surface area contributed by atoms with Gasteiger partial charge in [-0.25, -0.2) is 4.79 Å². The number of ether oxygens (including phenoxy) is 2. The van der Waals surface area contributed by atoms with Crippen LogP contribution < -0.4 is 10.1 Å². The van der Waals surface area contributed by atoms with Gasteiger partial charge in [0.05, 0.1) is 18.4 Å². The summed E-state index contributed by atoms with van der Waals surface area (Å²) in [7, 11) is 3.14. The summed E-state index contributed by atoms with van der Waals surface area (Å²) in [5.74, 6) is 0.793. The molecule has 0 saturated carbocycles. The van der Waals surface area contributed by atoms with Crippen LogP contribution in [0.5, 0.6) is 5.75 Å². The van der Waals surface area contributed by atoms with Crippen LogP contribution in [0.2, 0.25) is 0 Å². The summed E-state index contributed by atoms with van der Waals surface area (Å²) >= 11 is 2.52. The minimum atomic E-state index is -0.487. The van der Waals surface area contributed by atoms with Gasteiger partial charge in [0.1, 0.15) is 10.8 Å². The zero-order chi connectivity index (χ0) is 24.2. The molecule has 3 rings (SSSR count). The molecule has 3 aromatic rings. The highest BCUT2D eigenvalue weighted by atomic mass is 32.2. The smallest absolute Gasteiger partial charge is 0.340 e. The van der Waals surface area contributed by atoms with Gasteiger partial charge < -0.3 is 19.4 Å². The van der Waals surface area contributed by atoms with E-state index in [0.29, 0.717) is 21.5 Å². The lowest BCUT2D eigenvalue weighted by Gasteiger charge is -2.20. The molecular formula is C23H28N4O4S2. The van der Waals surface area contributed by atoms with Crippen molar-refractivity contribution in [3.8, 4) is 5.75 Å². The van der Waals surface area contributed by atoms with Crippen molar-refractivity contribution in [2.75, 3.05) is 18.2 Å². The Kier molecular flexibility index (Phi) is 7.80. The second kappa shape index (κ2) is 10.4. The highest BCUT2D eigenvalue weighted by Gasteiger charge is 2.20. The van der Waals surface area contributed by atoms with Gasteiger partial charge in [-0.05, 0) is 41.5 Å². The largest absolute Gasteiger partial charge is 0.483 e. The molecule has 0 bridgehead atoms. The predicted molar refractivity (Wildman–Crippen MR) is 130 cm³/mol. The fourth-order valence-electron chi connectivity index (χ4n) is 3.07. The molecule has 0 fully saturated rings. The van der Waals surface area contributed by atoms with Gasteiger partial charge in [-0.3, -0.25) is 4.79 Å². The Labute approximate surface area is 201 Å². The van der Waals surface area contributed by atoms with Crippen molar-refractivity contribution >= 4 is 40.0 Å². The van der Waals surface area contributed by atoms with Gasteiger partial charge in [-0.1, -0.05) is 44.7 Å². The maximum Gasteiger partial charge on any atom is 0.340 e. The number of thiophene rings is 1. The van der Waals surface area contributed by atoms with Crippen LogP contribution in [-0.4, -0.2) is 39.5 Å². The summed E-state index contributed by atoms with van der Waals surface area (Å²) in [5, 5.41) is 14.0. The zero-order valence-corrected chi connectivity index (χ0v) is 21.2. The Morgan fingerprint density at radius 3 is 2.52 bits per heavy atom. The molecule has 0 aliphatic heterocycles. The molecule has 10 heteroatoms. The van der Waals surface area contributed by atoms with Crippen molar-refractivity contribution < 1.29 is 19.1 Å². The van der Waals surface area contributed by atoms with Crippen LogP contribution >= 0.6 is 23.1 Å². The first-order valence-electron chi connectivity index (χ1n) is 10.3. The van der Waals surface area contributed by atoms with Crippen molar-refractivity contribution in [1.29, 1.82) is 0 Å². The van der Waals surface area contributed by atoms with Crippen molar-refractivity contribution in [1.82, 2.24) is 14.8 Å². The molecule has 1 amide bonds. The second-order valence-electron chi connectivity index (χ2n) is 8.43. The topological polar surface area (TPSA) is 95.3 Å². The molecule has 0 spiro atoms. The van der Waals surface area contributed by atoms with Crippen molar-refractivity contribution in [2.45, 2.75) is 44.4 Å². The molecule has 0 aliphatic carbocycles. The number of thioether (sulfide) groups is 1. The van der Waals surface area contributed by atoms with Crippen LogP contribution in [0.4, 0.5) is 5.00 Å². The third-order valence-corrected chi connectivity index (χ3v) is 6.77. The number of amides is 1. The molecule has 0 saturated heterocycles. The highest BCUT2D eigenvalue weighted by molar-refractivity contribution is 7.99. The predicted octanol–water partition coefficient (Wildman–Crippen LogP) is 4.83. The number of carbonyl (C=O) groups excluding carboxylic acids is 2. The second-order valence-corrected chi connectivity index (χ2v) is 10.3. The van der Waals surface area contributed by atoms with Gasteiger partial charge in [0.25, 0.3) is 0 Å². The molecule has 1 N–H and O–H groups in total. The molecule has 0 aliphatic rings. The van der Waals surface area contributed by atoms with Crippen LogP contribution in [0.1, 0.15) is 55.5 Å². The minimum absolute atomic E-state index is 0.0799. The number of hydrogen-bond acceptors (Lipinski definition) is 8. The first-order valence-corrected chi connectivity index (χ1v) is 12.2. The van der Waals surface area contributed by atoms with Crippen LogP contribution in [-0.2, 0) is 22.0 Å². The van der Waals surface area contributed by atoms with Crippen LogP contribution in [0.3, 0.4) is 0 Å². The van der Waals surface area contributed by atoms with Gasteiger partial charge in [-0.15, -0.1) is 21.5 Å². The molecule has 8 nitrogen and oxygen atoms in total. The first kappa shape index (κ1) is 24.8. The number of nitrogens with one attached hydrogen (secondary N) is 1. The van der Waals surface area contributed by atoms with Crippen molar-refractivity contribution in [3.05, 3.63) is 52.7 Å². The van der Waals surface area contributed by atoms with Gasteiger partial charge >= 0.3 is 5.97 Å². The summed E-state index contributed by atoms with van der Waals surface area (Å²) in [4.78, 5) is 24.1. The molecule has 176 valence electrons. The lowest BCUT2D eigenvalue weighted by Crippen LogP contribution is -2.16. The van der Waals surface area contributed by atoms with Gasteiger partial charge in [0.2, 0.25) is 5.91 Å². The molecule has 33 heavy (non-hydrogen) atoms. The fourth-order valence-corrected chi connectivity index (χ4v) is 4.58. The molecule has 2 heterocycles. The van der Waals surface area contributed by atoms with Gasteiger partial charge in [0.15, 0.2) is 17.1 Å². The van der Waals surface area contributed by atoms with E-state index in [-0.39, 0.29) is 23.2 Å². The average Bonchev–Trinajstić information content (AvgIpc) is 3.37. The van der Waals surface area contributed by atoms with Gasteiger partial charge in [0, 0.05) is 7.05 Å². The highest BCUT2D eigenvalue weighted by Crippen LogP contribution is 2.28. The van der Waals surface area contributed by atoms with E-state index in [2.05, 4.69) is 48.4 Å². The molecule has 1 unspecified atom stereocenters. The Morgan fingerprint density at radius 2 is 1.88 bits per heavy atom. The number of methoxy groups -OCH3 is 1. The quantitative estimate of drug-likeness (QED) is 0.358. The number of aromatic nitrogens is 3. The monoisotopic (exact) mass is 488 g/mol.